The highest BCUT2D eigenvalue weighted by atomic mass is 32.3. The summed E-state index contributed by atoms with van der Waals surface area (Å²) in [5.41, 5.74) is 1.79. The van der Waals surface area contributed by atoms with Crippen molar-refractivity contribution in [2.75, 3.05) is 13.3 Å². The van der Waals surface area contributed by atoms with Crippen molar-refractivity contribution in [3.63, 3.8) is 0 Å². The van der Waals surface area contributed by atoms with Gasteiger partial charge in [0.25, 0.3) is 0 Å². The monoisotopic (exact) mass is 321 g/mol. The highest BCUT2D eigenvalue weighted by molar-refractivity contribution is 7.88. The summed E-state index contributed by atoms with van der Waals surface area (Å²) >= 11 is 0. The minimum Gasteiger partial charge on any atom is -0.454 e. The maximum atomic E-state index is 14.2. The van der Waals surface area contributed by atoms with Crippen molar-refractivity contribution in [1.82, 2.24) is 0 Å². The molecule has 0 aliphatic carbocycles. The van der Waals surface area contributed by atoms with Crippen molar-refractivity contribution >= 4 is 10.1 Å². The molecule has 22 heavy (non-hydrogen) atoms. The molecular formula is C16H16FNO3S. The zero-order valence-corrected chi connectivity index (χ0v) is 12.9. The highest BCUT2D eigenvalue weighted by Crippen LogP contribution is 2.32. The second-order valence-electron chi connectivity index (χ2n) is 5.07. The topological polar surface area (TPSA) is 47.9 Å². The molecule has 0 aromatic heterocycles. The fraction of sp³-hybridized carbons (Fsp3) is 0.250. The van der Waals surface area contributed by atoms with Crippen LogP contribution in [0.2, 0.25) is 0 Å². The van der Waals surface area contributed by atoms with E-state index in [2.05, 4.69) is 4.36 Å². The van der Waals surface area contributed by atoms with Crippen LogP contribution in [-0.2, 0) is 16.5 Å². The van der Waals surface area contributed by atoms with Gasteiger partial charge in [-0.05, 0) is 48.7 Å². The minimum absolute atomic E-state index is 0.123. The first-order chi connectivity index (χ1) is 10.5. The number of aryl methyl sites for hydroxylation is 1. The van der Waals surface area contributed by atoms with Gasteiger partial charge in [-0.15, -0.1) is 3.89 Å². The van der Waals surface area contributed by atoms with Gasteiger partial charge in [0, 0.05) is 0 Å². The number of hydrogen-bond donors (Lipinski definition) is 0. The third-order valence-electron chi connectivity index (χ3n) is 3.38. The molecule has 0 bridgehead atoms. The molecule has 2 aromatic rings. The number of benzene rings is 2. The van der Waals surface area contributed by atoms with Gasteiger partial charge >= 0.3 is 0 Å². The van der Waals surface area contributed by atoms with Crippen molar-refractivity contribution in [3.8, 4) is 11.5 Å². The van der Waals surface area contributed by atoms with Crippen molar-refractivity contribution in [3.05, 3.63) is 53.6 Å². The summed E-state index contributed by atoms with van der Waals surface area (Å²) < 4.78 is 40.5. The first kappa shape index (κ1) is 14.8. The molecule has 3 rings (SSSR count). The molecule has 0 radical (unpaired) electrons. The Morgan fingerprint density at radius 2 is 2.00 bits per heavy atom. The number of halogens is 1. The lowest BCUT2D eigenvalue weighted by Crippen LogP contribution is -1.97. The molecule has 0 spiro atoms. The molecule has 0 saturated heterocycles. The Bertz CT molecular complexity index is 813. The van der Waals surface area contributed by atoms with E-state index >= 15 is 0 Å². The molecule has 0 saturated carbocycles. The molecule has 1 heterocycles. The first-order valence-corrected chi connectivity index (χ1v) is 8.34. The van der Waals surface area contributed by atoms with Gasteiger partial charge in [-0.1, -0.05) is 18.2 Å². The Kier molecular flexibility index (Phi) is 4.02. The molecule has 1 atom stereocenters. The predicted octanol–water partition coefficient (Wildman–Crippen LogP) is 3.68. The number of nitrogens with zero attached hydrogens (tertiary/aromatic N) is 1. The lowest BCUT2D eigenvalue weighted by atomic mass is 10.1. The van der Waals surface area contributed by atoms with E-state index in [0.29, 0.717) is 17.9 Å². The molecule has 116 valence electrons. The van der Waals surface area contributed by atoms with Crippen LogP contribution in [0.5, 0.6) is 11.5 Å². The summed E-state index contributed by atoms with van der Waals surface area (Å²) in [6, 6.07) is 12.1. The third kappa shape index (κ3) is 3.22. The Hall–Kier alpha value is -2.08. The Balaban J connectivity index is 1.72. The molecule has 1 aliphatic heterocycles. The largest absolute Gasteiger partial charge is 0.454 e. The maximum Gasteiger partial charge on any atom is 0.231 e. The molecular weight excluding hydrogens is 305 g/mol. The average Bonchev–Trinajstić information content (AvgIpc) is 2.94. The second kappa shape index (κ2) is 5.96. The van der Waals surface area contributed by atoms with Crippen LogP contribution in [0.15, 0.2) is 51.7 Å². The first-order valence-electron chi connectivity index (χ1n) is 6.92. The lowest BCUT2D eigenvalue weighted by molar-refractivity contribution is 0.174. The summed E-state index contributed by atoms with van der Waals surface area (Å²) in [6.45, 7) is 2.18. The van der Waals surface area contributed by atoms with Crippen LogP contribution in [0.3, 0.4) is 0 Å². The van der Waals surface area contributed by atoms with Crippen LogP contribution in [0.4, 0.5) is 3.89 Å². The van der Waals surface area contributed by atoms with Gasteiger partial charge in [0.1, 0.15) is 0 Å². The normalized spacial score (nSPS) is 15.4. The predicted molar refractivity (Wildman–Crippen MR) is 82.3 cm³/mol. The summed E-state index contributed by atoms with van der Waals surface area (Å²) in [6.07, 6.45) is 0.489. The summed E-state index contributed by atoms with van der Waals surface area (Å²) in [4.78, 5) is 0.123. The van der Waals surface area contributed by atoms with Gasteiger partial charge in [0.2, 0.25) is 16.9 Å². The van der Waals surface area contributed by atoms with Crippen LogP contribution in [0, 0.1) is 6.92 Å². The highest BCUT2D eigenvalue weighted by Gasteiger charge is 2.14. The number of ether oxygens (including phenoxy) is 2. The Morgan fingerprint density at radius 1 is 1.18 bits per heavy atom. The van der Waals surface area contributed by atoms with Gasteiger partial charge in [-0.25, -0.2) is 8.57 Å². The molecule has 0 unspecified atom stereocenters. The van der Waals surface area contributed by atoms with Crippen LogP contribution in [0.25, 0.3) is 0 Å². The minimum atomic E-state index is -3.85. The Labute approximate surface area is 129 Å². The zero-order valence-electron chi connectivity index (χ0n) is 12.1. The SMILES string of the molecule is Cc1cccc([S@@](=O)(F)=NCCc2ccc3c(c2)OCO3)c1. The van der Waals surface area contributed by atoms with E-state index in [1.54, 1.807) is 12.1 Å². The van der Waals surface area contributed by atoms with E-state index < -0.39 is 10.1 Å². The lowest BCUT2D eigenvalue weighted by Gasteiger charge is -2.03. The van der Waals surface area contributed by atoms with E-state index in [0.717, 1.165) is 11.1 Å². The van der Waals surface area contributed by atoms with E-state index in [9.17, 15) is 8.09 Å². The van der Waals surface area contributed by atoms with Gasteiger partial charge in [0.15, 0.2) is 11.5 Å². The van der Waals surface area contributed by atoms with Crippen molar-refractivity contribution in [1.29, 1.82) is 0 Å². The molecule has 6 heteroatoms. The van der Waals surface area contributed by atoms with Crippen LogP contribution in [0.1, 0.15) is 11.1 Å². The van der Waals surface area contributed by atoms with Gasteiger partial charge < -0.3 is 9.47 Å². The average molecular weight is 321 g/mol. The van der Waals surface area contributed by atoms with E-state index in [4.69, 9.17) is 9.47 Å². The standard InChI is InChI=1S/C16H16FNO3S/c1-12-3-2-4-14(9-12)22(17,19)18-8-7-13-5-6-15-16(10-13)21-11-20-15/h2-6,9-10H,7-8,11H2,1H3/t22-/m1/s1. The number of fused-ring (bicyclic) bond motifs is 1. The molecule has 0 fully saturated rings. The van der Waals surface area contributed by atoms with Crippen molar-refractivity contribution in [2.24, 2.45) is 4.36 Å². The molecule has 1 aliphatic rings. The summed E-state index contributed by atoms with van der Waals surface area (Å²) in [7, 11) is -3.85. The molecule has 0 N–H and O–H groups in total. The number of hydrogen-bond acceptors (Lipinski definition) is 4. The zero-order chi connectivity index (χ0) is 15.6. The maximum absolute atomic E-state index is 14.2. The Morgan fingerprint density at radius 3 is 2.82 bits per heavy atom. The van der Waals surface area contributed by atoms with E-state index in [1.807, 2.05) is 31.2 Å². The molecule has 0 amide bonds. The molecule has 2 aromatic carbocycles. The quantitative estimate of drug-likeness (QED) is 0.807. The molecule has 4 nitrogen and oxygen atoms in total. The van der Waals surface area contributed by atoms with Crippen molar-refractivity contribution in [2.45, 2.75) is 18.2 Å². The van der Waals surface area contributed by atoms with Gasteiger partial charge in [-0.3, -0.25) is 0 Å². The summed E-state index contributed by atoms with van der Waals surface area (Å²) in [5, 5.41) is 0. The van der Waals surface area contributed by atoms with Crippen LogP contribution in [-0.4, -0.2) is 17.5 Å². The smallest absolute Gasteiger partial charge is 0.231 e. The van der Waals surface area contributed by atoms with Crippen molar-refractivity contribution < 1.29 is 17.6 Å². The fourth-order valence-corrected chi connectivity index (χ4v) is 3.29. The number of rotatable bonds is 4. The second-order valence-corrected chi connectivity index (χ2v) is 6.71. The fourth-order valence-electron chi connectivity index (χ4n) is 2.24. The van der Waals surface area contributed by atoms with Crippen LogP contribution >= 0.6 is 0 Å². The van der Waals surface area contributed by atoms with Gasteiger partial charge in [0.05, 0.1) is 11.4 Å². The third-order valence-corrected chi connectivity index (χ3v) is 4.73. The van der Waals surface area contributed by atoms with E-state index in [-0.39, 0.29) is 18.2 Å². The van der Waals surface area contributed by atoms with Crippen LogP contribution < -0.4 is 9.47 Å². The van der Waals surface area contributed by atoms with E-state index in [1.165, 1.54) is 6.07 Å². The summed E-state index contributed by atoms with van der Waals surface area (Å²) in [5.74, 6) is 1.38. The van der Waals surface area contributed by atoms with Gasteiger partial charge in [-0.2, -0.15) is 0 Å².